The molecule has 0 saturated heterocycles. The lowest BCUT2D eigenvalue weighted by molar-refractivity contribution is 0.288. The zero-order chi connectivity index (χ0) is 17.2. The largest absolute Gasteiger partial charge is 0.477 e. The van der Waals surface area contributed by atoms with E-state index in [0.717, 1.165) is 16.7 Å². The van der Waals surface area contributed by atoms with Gasteiger partial charge in [-0.2, -0.15) is 0 Å². The second-order valence-corrected chi connectivity index (χ2v) is 8.09. The van der Waals surface area contributed by atoms with Crippen LogP contribution in [0.5, 0.6) is 5.88 Å². The van der Waals surface area contributed by atoms with Gasteiger partial charge in [0.1, 0.15) is 0 Å². The van der Waals surface area contributed by atoms with Gasteiger partial charge in [-0.15, -0.1) is 0 Å². The van der Waals surface area contributed by atoms with Gasteiger partial charge in [-0.3, -0.25) is 0 Å². The number of nitrogens with one attached hydrogen (secondary N) is 1. The van der Waals surface area contributed by atoms with Crippen LogP contribution in [0.3, 0.4) is 0 Å². The molecule has 0 unspecified atom stereocenters. The predicted molar refractivity (Wildman–Crippen MR) is 92.4 cm³/mol. The smallest absolute Gasteiger partial charge is 0.241 e. The molecule has 1 aliphatic rings. The number of hydrogen-bond acceptors (Lipinski definition) is 4. The number of aryl methyl sites for hydroxylation is 2. The van der Waals surface area contributed by atoms with Crippen molar-refractivity contribution in [1.82, 2.24) is 9.71 Å². The van der Waals surface area contributed by atoms with Crippen molar-refractivity contribution in [2.24, 2.45) is 5.92 Å². The van der Waals surface area contributed by atoms with Crippen molar-refractivity contribution in [3.63, 3.8) is 0 Å². The van der Waals surface area contributed by atoms with E-state index in [9.17, 15) is 8.42 Å². The lowest BCUT2D eigenvalue weighted by Crippen LogP contribution is -2.24. The first kappa shape index (κ1) is 16.9. The van der Waals surface area contributed by atoms with Crippen molar-refractivity contribution in [1.29, 1.82) is 0 Å². The highest BCUT2D eigenvalue weighted by Crippen LogP contribution is 2.29. The van der Waals surface area contributed by atoms with Gasteiger partial charge < -0.3 is 4.74 Å². The molecule has 1 aromatic heterocycles. The SMILES string of the molecule is Cc1ccc(S(=O)(=O)NCc2ccnc(OCC3CC3)c2)c(C)c1. The minimum Gasteiger partial charge on any atom is -0.477 e. The van der Waals surface area contributed by atoms with Crippen molar-refractivity contribution < 1.29 is 13.2 Å². The number of nitrogens with zero attached hydrogens (tertiary/aromatic N) is 1. The highest BCUT2D eigenvalue weighted by Gasteiger charge is 2.22. The molecule has 2 aromatic rings. The molecule has 128 valence electrons. The molecule has 0 aliphatic heterocycles. The average Bonchev–Trinajstić information content (AvgIpc) is 3.35. The monoisotopic (exact) mass is 346 g/mol. The van der Waals surface area contributed by atoms with Crippen molar-refractivity contribution >= 4 is 10.0 Å². The first-order chi connectivity index (χ1) is 11.4. The average molecular weight is 346 g/mol. The van der Waals surface area contributed by atoms with Gasteiger partial charge in [-0.05, 0) is 55.9 Å². The molecule has 3 rings (SSSR count). The number of rotatable bonds is 7. The topological polar surface area (TPSA) is 68.3 Å². The summed E-state index contributed by atoms with van der Waals surface area (Å²) in [6.45, 7) is 4.64. The molecule has 1 heterocycles. The molecular formula is C18H22N2O3S. The summed E-state index contributed by atoms with van der Waals surface area (Å²) in [5.41, 5.74) is 2.60. The van der Waals surface area contributed by atoms with Crippen LogP contribution in [0.15, 0.2) is 41.4 Å². The van der Waals surface area contributed by atoms with Crippen molar-refractivity contribution in [2.45, 2.75) is 38.1 Å². The van der Waals surface area contributed by atoms with Crippen LogP contribution in [0.4, 0.5) is 0 Å². The molecule has 1 fully saturated rings. The molecule has 1 N–H and O–H groups in total. The van der Waals surface area contributed by atoms with Crippen molar-refractivity contribution in [3.8, 4) is 5.88 Å². The summed E-state index contributed by atoms with van der Waals surface area (Å²) in [6, 6.07) is 8.88. The lowest BCUT2D eigenvalue weighted by Gasteiger charge is -2.11. The number of hydrogen-bond donors (Lipinski definition) is 1. The molecule has 0 atom stereocenters. The standard InChI is InChI=1S/C18H22N2O3S/c1-13-3-6-17(14(2)9-13)24(21,22)20-11-16-7-8-19-18(10-16)23-12-15-4-5-15/h3,6-10,15,20H,4-5,11-12H2,1-2H3. The van der Waals surface area contributed by atoms with E-state index in [2.05, 4.69) is 9.71 Å². The zero-order valence-corrected chi connectivity index (χ0v) is 14.8. The van der Waals surface area contributed by atoms with Crippen LogP contribution in [0.1, 0.15) is 29.5 Å². The van der Waals surface area contributed by atoms with Crippen LogP contribution >= 0.6 is 0 Å². The molecule has 0 radical (unpaired) electrons. The molecule has 24 heavy (non-hydrogen) atoms. The zero-order valence-electron chi connectivity index (χ0n) is 14.0. The van der Waals surface area contributed by atoms with E-state index in [1.54, 1.807) is 37.4 Å². The Kier molecular flexibility index (Phi) is 4.87. The van der Waals surface area contributed by atoms with Crippen LogP contribution in [0, 0.1) is 19.8 Å². The number of pyridine rings is 1. The third kappa shape index (κ3) is 4.33. The minimum absolute atomic E-state index is 0.206. The number of ether oxygens (including phenoxy) is 1. The molecule has 5 nitrogen and oxygen atoms in total. The van der Waals surface area contributed by atoms with Gasteiger partial charge in [-0.1, -0.05) is 17.7 Å². The Labute approximate surface area is 143 Å². The van der Waals surface area contributed by atoms with Crippen LogP contribution < -0.4 is 9.46 Å². The molecule has 1 saturated carbocycles. The quantitative estimate of drug-likeness (QED) is 0.837. The van der Waals surface area contributed by atoms with E-state index in [0.29, 0.717) is 23.3 Å². The third-order valence-electron chi connectivity index (χ3n) is 4.05. The van der Waals surface area contributed by atoms with Crippen LogP contribution in [-0.2, 0) is 16.6 Å². The van der Waals surface area contributed by atoms with Gasteiger partial charge >= 0.3 is 0 Å². The van der Waals surface area contributed by atoms with Gasteiger partial charge in [0.2, 0.25) is 15.9 Å². The van der Waals surface area contributed by atoms with E-state index >= 15 is 0 Å². The number of aromatic nitrogens is 1. The minimum atomic E-state index is -3.55. The fraction of sp³-hybridized carbons (Fsp3) is 0.389. The van der Waals surface area contributed by atoms with Crippen LogP contribution in [0.25, 0.3) is 0 Å². The molecule has 1 aliphatic carbocycles. The van der Waals surface area contributed by atoms with Gasteiger partial charge in [0.05, 0.1) is 11.5 Å². The van der Waals surface area contributed by atoms with Crippen LogP contribution in [-0.4, -0.2) is 20.0 Å². The Morgan fingerprint density at radius 1 is 1.21 bits per heavy atom. The molecule has 0 bridgehead atoms. The summed E-state index contributed by atoms with van der Waals surface area (Å²) < 4.78 is 33.3. The van der Waals surface area contributed by atoms with E-state index in [-0.39, 0.29) is 6.54 Å². The fourth-order valence-corrected chi connectivity index (χ4v) is 3.73. The fourth-order valence-electron chi connectivity index (χ4n) is 2.48. The summed E-state index contributed by atoms with van der Waals surface area (Å²) >= 11 is 0. The lowest BCUT2D eigenvalue weighted by atomic mass is 10.2. The third-order valence-corrected chi connectivity index (χ3v) is 5.61. The maximum absolute atomic E-state index is 12.5. The molecular weight excluding hydrogens is 324 g/mol. The number of sulfonamides is 1. The first-order valence-corrected chi connectivity index (χ1v) is 9.57. The molecule has 0 spiro atoms. The summed E-state index contributed by atoms with van der Waals surface area (Å²) in [4.78, 5) is 4.48. The number of benzene rings is 1. The second-order valence-electron chi connectivity index (χ2n) is 6.35. The highest BCUT2D eigenvalue weighted by molar-refractivity contribution is 7.89. The Hall–Kier alpha value is -1.92. The molecule has 0 amide bonds. The molecule has 1 aromatic carbocycles. The van der Waals surface area contributed by atoms with Gasteiger partial charge in [0, 0.05) is 18.8 Å². The van der Waals surface area contributed by atoms with Gasteiger partial charge in [-0.25, -0.2) is 18.1 Å². The molecule has 6 heteroatoms. The Morgan fingerprint density at radius 2 is 2.00 bits per heavy atom. The highest BCUT2D eigenvalue weighted by atomic mass is 32.2. The second kappa shape index (κ2) is 6.91. The van der Waals surface area contributed by atoms with Gasteiger partial charge in [0.25, 0.3) is 0 Å². The summed E-state index contributed by atoms with van der Waals surface area (Å²) in [5, 5.41) is 0. The van der Waals surface area contributed by atoms with E-state index in [1.807, 2.05) is 13.0 Å². The summed E-state index contributed by atoms with van der Waals surface area (Å²) in [7, 11) is -3.55. The Balaban J connectivity index is 1.66. The van der Waals surface area contributed by atoms with Crippen molar-refractivity contribution in [2.75, 3.05) is 6.61 Å². The van der Waals surface area contributed by atoms with E-state index in [4.69, 9.17) is 4.74 Å². The predicted octanol–water partition coefficient (Wildman–Crippen LogP) is 2.97. The van der Waals surface area contributed by atoms with Crippen molar-refractivity contribution in [3.05, 3.63) is 53.2 Å². The van der Waals surface area contributed by atoms with Crippen LogP contribution in [0.2, 0.25) is 0 Å². The summed E-state index contributed by atoms with van der Waals surface area (Å²) in [6.07, 6.45) is 4.08. The first-order valence-electron chi connectivity index (χ1n) is 8.09. The summed E-state index contributed by atoms with van der Waals surface area (Å²) in [5.74, 6) is 1.20. The Bertz CT molecular complexity index is 830. The maximum Gasteiger partial charge on any atom is 0.241 e. The normalized spacial score (nSPS) is 14.6. The Morgan fingerprint density at radius 3 is 2.71 bits per heavy atom. The van der Waals surface area contributed by atoms with E-state index < -0.39 is 10.0 Å². The maximum atomic E-state index is 12.5. The van der Waals surface area contributed by atoms with E-state index in [1.165, 1.54) is 12.8 Å². The van der Waals surface area contributed by atoms with Gasteiger partial charge in [0.15, 0.2) is 0 Å².